The summed E-state index contributed by atoms with van der Waals surface area (Å²) < 4.78 is 5.73. The van der Waals surface area contributed by atoms with Crippen LogP contribution < -0.4 is 10.2 Å². The molecule has 1 aliphatic heterocycles. The highest BCUT2D eigenvalue weighted by Gasteiger charge is 2.16. The number of rotatable bonds is 4. The molecule has 3 heterocycles. The number of nitrogens with one attached hydrogen (secondary N) is 1. The zero-order chi connectivity index (χ0) is 14.7. The summed E-state index contributed by atoms with van der Waals surface area (Å²) in [6, 6.07) is 3.78. The highest BCUT2D eigenvalue weighted by atomic mass is 32.2. The smallest absolute Gasteiger partial charge is 0.217 e. The number of carbonyl (C=O) groups excluding carboxylic acids is 1. The molecule has 1 amide bonds. The Kier molecular flexibility index (Phi) is 4.50. The number of amides is 1. The number of nitrogens with zero attached hydrogens (tertiary/aromatic N) is 2. The Morgan fingerprint density at radius 2 is 2.24 bits per heavy atom. The van der Waals surface area contributed by atoms with Crippen LogP contribution in [-0.4, -0.2) is 35.5 Å². The standard InChI is InChI=1S/C14H17N3O2S2/c1-10(18)15-8-11-2-3-13(19-11)12-9-21-14(16-12)17-4-6-20-7-5-17/h2-3,9H,4-8H2,1H3,(H,15,18). The van der Waals surface area contributed by atoms with Gasteiger partial charge in [0.05, 0.1) is 6.54 Å². The maximum absolute atomic E-state index is 10.9. The first-order valence-corrected chi connectivity index (χ1v) is 8.87. The van der Waals surface area contributed by atoms with Crippen LogP contribution in [0.3, 0.4) is 0 Å². The Hall–Kier alpha value is -1.47. The molecular weight excluding hydrogens is 306 g/mol. The van der Waals surface area contributed by atoms with Crippen molar-refractivity contribution in [2.24, 2.45) is 0 Å². The van der Waals surface area contributed by atoms with Gasteiger partial charge in [0.25, 0.3) is 0 Å². The lowest BCUT2D eigenvalue weighted by molar-refractivity contribution is -0.119. The molecule has 0 spiro atoms. The van der Waals surface area contributed by atoms with Gasteiger partial charge in [-0.3, -0.25) is 4.79 Å². The third-order valence-corrected chi connectivity index (χ3v) is 5.04. The van der Waals surface area contributed by atoms with Crippen molar-refractivity contribution in [3.05, 3.63) is 23.3 Å². The number of aromatic nitrogens is 1. The van der Waals surface area contributed by atoms with E-state index in [2.05, 4.69) is 15.2 Å². The summed E-state index contributed by atoms with van der Waals surface area (Å²) in [5.41, 5.74) is 0.863. The topological polar surface area (TPSA) is 58.4 Å². The molecule has 0 aliphatic carbocycles. The van der Waals surface area contributed by atoms with Gasteiger partial charge in [-0.2, -0.15) is 11.8 Å². The fourth-order valence-corrected chi connectivity index (χ4v) is 3.87. The summed E-state index contributed by atoms with van der Waals surface area (Å²) >= 11 is 3.64. The fourth-order valence-electron chi connectivity index (χ4n) is 2.10. The molecule has 1 aliphatic rings. The van der Waals surface area contributed by atoms with E-state index in [0.717, 1.165) is 46.9 Å². The van der Waals surface area contributed by atoms with Gasteiger partial charge in [0.1, 0.15) is 11.5 Å². The van der Waals surface area contributed by atoms with Crippen LogP contribution in [0.1, 0.15) is 12.7 Å². The van der Waals surface area contributed by atoms with Crippen molar-refractivity contribution in [1.82, 2.24) is 10.3 Å². The largest absolute Gasteiger partial charge is 0.458 e. The van der Waals surface area contributed by atoms with Gasteiger partial charge in [-0.15, -0.1) is 11.3 Å². The van der Waals surface area contributed by atoms with Crippen molar-refractivity contribution >= 4 is 34.1 Å². The molecule has 112 valence electrons. The van der Waals surface area contributed by atoms with Crippen molar-refractivity contribution in [2.45, 2.75) is 13.5 Å². The first-order chi connectivity index (χ1) is 10.2. The molecule has 0 saturated carbocycles. The maximum atomic E-state index is 10.9. The number of thioether (sulfide) groups is 1. The van der Waals surface area contributed by atoms with Crippen molar-refractivity contribution in [2.75, 3.05) is 29.5 Å². The van der Waals surface area contributed by atoms with E-state index in [4.69, 9.17) is 4.42 Å². The van der Waals surface area contributed by atoms with E-state index >= 15 is 0 Å². The lowest BCUT2D eigenvalue weighted by atomic mass is 10.3. The number of furan rings is 1. The van der Waals surface area contributed by atoms with Gasteiger partial charge in [-0.1, -0.05) is 0 Å². The predicted molar refractivity (Wildman–Crippen MR) is 86.9 cm³/mol. The SMILES string of the molecule is CC(=O)NCc1ccc(-c2csc(N3CCSCC3)n2)o1. The molecule has 1 fully saturated rings. The third-order valence-electron chi connectivity index (χ3n) is 3.20. The average molecular weight is 323 g/mol. The van der Waals surface area contributed by atoms with Crippen LogP contribution >= 0.6 is 23.1 Å². The van der Waals surface area contributed by atoms with Crippen LogP contribution in [0.5, 0.6) is 0 Å². The highest BCUT2D eigenvalue weighted by Crippen LogP contribution is 2.29. The van der Waals surface area contributed by atoms with Gasteiger partial charge in [-0.25, -0.2) is 4.98 Å². The summed E-state index contributed by atoms with van der Waals surface area (Å²) in [6.07, 6.45) is 0. The van der Waals surface area contributed by atoms with Crippen molar-refractivity contribution in [1.29, 1.82) is 0 Å². The number of carbonyl (C=O) groups is 1. The number of thiazole rings is 1. The number of anilines is 1. The third kappa shape index (κ3) is 3.59. The van der Waals surface area contributed by atoms with Gasteiger partial charge >= 0.3 is 0 Å². The normalized spacial score (nSPS) is 15.2. The molecule has 1 saturated heterocycles. The molecule has 0 radical (unpaired) electrons. The molecule has 2 aromatic heterocycles. The lowest BCUT2D eigenvalue weighted by Gasteiger charge is -2.25. The van der Waals surface area contributed by atoms with Crippen molar-refractivity contribution in [3.8, 4) is 11.5 Å². The van der Waals surface area contributed by atoms with E-state index in [0.29, 0.717) is 6.54 Å². The van der Waals surface area contributed by atoms with Crippen LogP contribution in [-0.2, 0) is 11.3 Å². The molecule has 0 atom stereocenters. The second kappa shape index (κ2) is 6.53. The zero-order valence-corrected chi connectivity index (χ0v) is 13.4. The minimum Gasteiger partial charge on any atom is -0.458 e. The van der Waals surface area contributed by atoms with Crippen LogP contribution in [0.15, 0.2) is 21.9 Å². The van der Waals surface area contributed by atoms with Crippen molar-refractivity contribution in [3.63, 3.8) is 0 Å². The molecule has 1 N–H and O–H groups in total. The summed E-state index contributed by atoms with van der Waals surface area (Å²) in [5.74, 6) is 3.76. The minimum absolute atomic E-state index is 0.0631. The van der Waals surface area contributed by atoms with E-state index in [9.17, 15) is 4.79 Å². The molecule has 21 heavy (non-hydrogen) atoms. The van der Waals surface area contributed by atoms with E-state index in [-0.39, 0.29) is 5.91 Å². The second-order valence-corrected chi connectivity index (χ2v) is 6.85. The van der Waals surface area contributed by atoms with Gasteiger partial charge in [-0.05, 0) is 12.1 Å². The van der Waals surface area contributed by atoms with Gasteiger partial charge in [0.2, 0.25) is 5.91 Å². The van der Waals surface area contributed by atoms with Crippen LogP contribution in [0.2, 0.25) is 0 Å². The fraction of sp³-hybridized carbons (Fsp3) is 0.429. The zero-order valence-electron chi connectivity index (χ0n) is 11.8. The van der Waals surface area contributed by atoms with Crippen LogP contribution in [0.25, 0.3) is 11.5 Å². The van der Waals surface area contributed by atoms with E-state index in [1.165, 1.54) is 6.92 Å². The Bertz CT molecular complexity index is 617. The molecule has 7 heteroatoms. The maximum Gasteiger partial charge on any atom is 0.217 e. The lowest BCUT2D eigenvalue weighted by Crippen LogP contribution is -2.32. The minimum atomic E-state index is -0.0631. The van der Waals surface area contributed by atoms with E-state index in [1.54, 1.807) is 11.3 Å². The predicted octanol–water partition coefficient (Wildman–Crippen LogP) is 2.59. The van der Waals surface area contributed by atoms with Gasteiger partial charge in [0.15, 0.2) is 10.9 Å². The molecule has 0 unspecified atom stereocenters. The Morgan fingerprint density at radius 1 is 1.43 bits per heavy atom. The molecular formula is C14H17N3O2S2. The van der Waals surface area contributed by atoms with E-state index < -0.39 is 0 Å². The van der Waals surface area contributed by atoms with Gasteiger partial charge < -0.3 is 14.6 Å². The second-order valence-electron chi connectivity index (χ2n) is 4.79. The average Bonchev–Trinajstić information content (AvgIpc) is 3.15. The number of hydrogen-bond acceptors (Lipinski definition) is 6. The monoisotopic (exact) mass is 323 g/mol. The quantitative estimate of drug-likeness (QED) is 0.937. The summed E-state index contributed by atoms with van der Waals surface area (Å²) in [6.45, 7) is 4.02. The summed E-state index contributed by atoms with van der Waals surface area (Å²) in [4.78, 5) is 17.9. The molecule has 0 aromatic carbocycles. The summed E-state index contributed by atoms with van der Waals surface area (Å²) in [5, 5.41) is 5.81. The molecule has 0 bridgehead atoms. The molecule has 3 rings (SSSR count). The molecule has 5 nitrogen and oxygen atoms in total. The van der Waals surface area contributed by atoms with Gasteiger partial charge in [0, 0.05) is 36.9 Å². The van der Waals surface area contributed by atoms with Crippen molar-refractivity contribution < 1.29 is 9.21 Å². The Morgan fingerprint density at radius 3 is 3.00 bits per heavy atom. The van der Waals surface area contributed by atoms with Crippen LogP contribution in [0, 0.1) is 0 Å². The van der Waals surface area contributed by atoms with Crippen LogP contribution in [0.4, 0.5) is 5.13 Å². The first kappa shape index (κ1) is 14.5. The first-order valence-electron chi connectivity index (χ1n) is 6.84. The highest BCUT2D eigenvalue weighted by molar-refractivity contribution is 7.99. The Labute approximate surface area is 131 Å². The summed E-state index contributed by atoms with van der Waals surface area (Å²) in [7, 11) is 0. The number of hydrogen-bond donors (Lipinski definition) is 1. The van der Waals surface area contributed by atoms with E-state index in [1.807, 2.05) is 29.3 Å². The molecule has 2 aromatic rings. The Balaban J connectivity index is 1.69.